The number of para-hydroxylation sites is 1. The summed E-state index contributed by atoms with van der Waals surface area (Å²) in [6.07, 6.45) is 3.13. The van der Waals surface area contributed by atoms with E-state index in [-0.39, 0.29) is 28.1 Å². The molecule has 0 saturated carbocycles. The highest BCUT2D eigenvalue weighted by Gasteiger charge is 2.31. The van der Waals surface area contributed by atoms with Crippen LogP contribution in [0.1, 0.15) is 61.4 Å². The van der Waals surface area contributed by atoms with Crippen LogP contribution in [0.2, 0.25) is 0 Å². The van der Waals surface area contributed by atoms with Crippen LogP contribution in [0.25, 0.3) is 10.9 Å². The van der Waals surface area contributed by atoms with Crippen LogP contribution >= 0.6 is 0 Å². The normalized spacial score (nSPS) is 12.6. The molecule has 9 heteroatoms. The Labute approximate surface area is 193 Å². The molecule has 0 radical (unpaired) electrons. The third-order valence-electron chi connectivity index (χ3n) is 5.72. The number of rotatable bonds is 10. The monoisotopic (exact) mass is 471 g/mol. The van der Waals surface area contributed by atoms with Gasteiger partial charge in [-0.1, -0.05) is 62.1 Å². The molecule has 3 aromatic rings. The van der Waals surface area contributed by atoms with Crippen molar-refractivity contribution in [3.05, 3.63) is 69.8 Å². The van der Waals surface area contributed by atoms with Crippen molar-refractivity contribution in [3.63, 3.8) is 0 Å². The molecular weight excluding hydrogens is 442 g/mol. The van der Waals surface area contributed by atoms with E-state index in [2.05, 4.69) is 4.72 Å². The lowest BCUT2D eigenvalue weighted by atomic mass is 9.92. The number of fused-ring (bicyclic) bond motifs is 1. The lowest BCUT2D eigenvalue weighted by Crippen LogP contribution is -2.21. The fourth-order valence-electron chi connectivity index (χ4n) is 4.16. The Morgan fingerprint density at radius 1 is 1.12 bits per heavy atom. The van der Waals surface area contributed by atoms with Crippen LogP contribution < -0.4 is 4.72 Å². The van der Waals surface area contributed by atoms with E-state index in [4.69, 9.17) is 0 Å². The molecule has 176 valence electrons. The first-order chi connectivity index (χ1) is 15.7. The van der Waals surface area contributed by atoms with Gasteiger partial charge in [-0.25, -0.2) is 8.42 Å². The zero-order chi connectivity index (χ0) is 24.2. The summed E-state index contributed by atoms with van der Waals surface area (Å²) >= 11 is 0. The molecule has 3 rings (SSSR count). The first-order valence-corrected chi connectivity index (χ1v) is 12.5. The van der Waals surface area contributed by atoms with Gasteiger partial charge in [0.1, 0.15) is 5.82 Å². The zero-order valence-corrected chi connectivity index (χ0v) is 19.9. The number of hydrogen-bond donors (Lipinski definition) is 1. The second kappa shape index (κ2) is 10.2. The molecule has 8 nitrogen and oxygen atoms in total. The molecule has 0 bridgehead atoms. The lowest BCUT2D eigenvalue weighted by molar-refractivity contribution is -0.483. The van der Waals surface area contributed by atoms with Crippen molar-refractivity contribution in [3.8, 4) is 0 Å². The number of aryl methyl sites for hydroxylation is 1. The van der Waals surface area contributed by atoms with Gasteiger partial charge in [-0.05, 0) is 31.5 Å². The molecule has 0 aliphatic carbocycles. The van der Waals surface area contributed by atoms with Gasteiger partial charge in [0.2, 0.25) is 12.5 Å². The Balaban J connectivity index is 2.23. The van der Waals surface area contributed by atoms with Crippen LogP contribution in [0.15, 0.2) is 53.4 Å². The van der Waals surface area contributed by atoms with Gasteiger partial charge in [-0.2, -0.15) is 0 Å². The van der Waals surface area contributed by atoms with Crippen LogP contribution in [0.4, 0.5) is 5.82 Å². The van der Waals surface area contributed by atoms with Crippen molar-refractivity contribution in [1.29, 1.82) is 0 Å². The Kier molecular flexibility index (Phi) is 7.53. The number of nitrogens with zero attached hydrogens (tertiary/aromatic N) is 2. The molecule has 1 unspecified atom stereocenters. The highest BCUT2D eigenvalue weighted by molar-refractivity contribution is 7.92. The number of benzene rings is 2. The molecule has 1 N–H and O–H groups in total. The number of hydrogen-bond acceptors (Lipinski definition) is 5. The summed E-state index contributed by atoms with van der Waals surface area (Å²) in [5.41, 5.74) is 1.92. The van der Waals surface area contributed by atoms with E-state index in [0.29, 0.717) is 22.9 Å². The summed E-state index contributed by atoms with van der Waals surface area (Å²) in [5, 5.41) is 12.2. The van der Waals surface area contributed by atoms with Crippen LogP contribution in [0, 0.1) is 17.0 Å². The van der Waals surface area contributed by atoms with E-state index >= 15 is 0 Å². The third-order valence-corrected chi connectivity index (χ3v) is 7.08. The SMILES string of the molecule is CCCCCC(C[N+](=O)[O-])c1c(NS(=O)(=O)c2ccc(C)cc2)n(C(C)=O)c2ccccc12. The summed E-state index contributed by atoms with van der Waals surface area (Å²) in [5.74, 6) is -0.854. The molecule has 0 saturated heterocycles. The molecule has 0 aliphatic heterocycles. The lowest BCUT2D eigenvalue weighted by Gasteiger charge is -2.17. The summed E-state index contributed by atoms with van der Waals surface area (Å²) < 4.78 is 30.4. The minimum atomic E-state index is -4.04. The van der Waals surface area contributed by atoms with Crippen molar-refractivity contribution in [2.75, 3.05) is 11.3 Å². The molecule has 0 amide bonds. The molecule has 0 aliphatic rings. The van der Waals surface area contributed by atoms with Gasteiger partial charge in [-0.3, -0.25) is 24.2 Å². The summed E-state index contributed by atoms with van der Waals surface area (Å²) in [6, 6.07) is 13.4. The number of sulfonamides is 1. The predicted octanol–water partition coefficient (Wildman–Crippen LogP) is 5.35. The van der Waals surface area contributed by atoms with Crippen LogP contribution in [-0.2, 0) is 10.0 Å². The van der Waals surface area contributed by atoms with Crippen molar-refractivity contribution < 1.29 is 18.1 Å². The highest BCUT2D eigenvalue weighted by Crippen LogP contribution is 2.39. The Morgan fingerprint density at radius 3 is 2.39 bits per heavy atom. The molecule has 2 aromatic carbocycles. The first kappa shape index (κ1) is 24.4. The number of anilines is 1. The maximum absolute atomic E-state index is 13.3. The van der Waals surface area contributed by atoms with Crippen molar-refractivity contribution in [1.82, 2.24) is 4.57 Å². The Hall–Kier alpha value is -3.20. The van der Waals surface area contributed by atoms with Gasteiger partial charge in [0.25, 0.3) is 10.0 Å². The standard InChI is InChI=1S/C24H29N3O5S/c1-4-5-6-9-19(16-26(29)30)23-21-10-7-8-11-22(21)27(18(3)28)24(23)25-33(31,32)20-14-12-17(2)13-15-20/h7-8,10-15,19,25H,4-6,9,16H2,1-3H3. The molecule has 1 atom stereocenters. The molecule has 0 fully saturated rings. The molecule has 1 heterocycles. The molecular formula is C24H29N3O5S. The van der Waals surface area contributed by atoms with Gasteiger partial charge < -0.3 is 0 Å². The van der Waals surface area contributed by atoms with Crippen molar-refractivity contribution in [2.45, 2.75) is 57.3 Å². The minimum absolute atomic E-state index is 0.0521. The highest BCUT2D eigenvalue weighted by atomic mass is 32.2. The second-order valence-electron chi connectivity index (χ2n) is 8.26. The minimum Gasteiger partial charge on any atom is -0.274 e. The summed E-state index contributed by atoms with van der Waals surface area (Å²) in [4.78, 5) is 23.9. The second-order valence-corrected chi connectivity index (χ2v) is 9.94. The topological polar surface area (TPSA) is 111 Å². The number of unbranched alkanes of at least 4 members (excludes halogenated alkanes) is 2. The maximum Gasteiger partial charge on any atom is 0.263 e. The van der Waals surface area contributed by atoms with Crippen LogP contribution in [-0.4, -0.2) is 30.4 Å². The van der Waals surface area contributed by atoms with Gasteiger partial charge in [0, 0.05) is 22.8 Å². The van der Waals surface area contributed by atoms with Crippen molar-refractivity contribution >= 4 is 32.7 Å². The molecule has 1 aromatic heterocycles. The largest absolute Gasteiger partial charge is 0.274 e. The number of nitro groups is 1. The fraction of sp³-hybridized carbons (Fsp3) is 0.375. The molecule has 33 heavy (non-hydrogen) atoms. The fourth-order valence-corrected chi connectivity index (χ4v) is 5.23. The zero-order valence-electron chi connectivity index (χ0n) is 19.1. The average Bonchev–Trinajstić information content (AvgIpc) is 3.06. The predicted molar refractivity (Wildman–Crippen MR) is 129 cm³/mol. The number of aromatic nitrogens is 1. The number of nitrogens with one attached hydrogen (secondary N) is 1. The third kappa shape index (κ3) is 5.42. The Morgan fingerprint density at radius 2 is 1.79 bits per heavy atom. The smallest absolute Gasteiger partial charge is 0.263 e. The number of carbonyl (C=O) groups excluding carboxylic acids is 1. The quantitative estimate of drug-likeness (QED) is 0.243. The van der Waals surface area contributed by atoms with E-state index in [0.717, 1.165) is 24.8 Å². The average molecular weight is 472 g/mol. The van der Waals surface area contributed by atoms with Gasteiger partial charge in [0.15, 0.2) is 0 Å². The van der Waals surface area contributed by atoms with Crippen LogP contribution in [0.5, 0.6) is 0 Å². The van der Waals surface area contributed by atoms with Crippen LogP contribution in [0.3, 0.4) is 0 Å². The van der Waals surface area contributed by atoms with Gasteiger partial charge in [0.05, 0.1) is 16.3 Å². The van der Waals surface area contributed by atoms with E-state index in [1.807, 2.05) is 13.8 Å². The first-order valence-electron chi connectivity index (χ1n) is 11.0. The van der Waals surface area contributed by atoms with E-state index < -0.39 is 15.9 Å². The Bertz CT molecular complexity index is 1260. The van der Waals surface area contributed by atoms with Gasteiger partial charge in [-0.15, -0.1) is 0 Å². The maximum atomic E-state index is 13.3. The van der Waals surface area contributed by atoms with E-state index in [1.54, 1.807) is 36.4 Å². The summed E-state index contributed by atoms with van der Waals surface area (Å²) in [7, 11) is -4.04. The van der Waals surface area contributed by atoms with E-state index in [9.17, 15) is 23.3 Å². The van der Waals surface area contributed by atoms with Crippen molar-refractivity contribution in [2.24, 2.45) is 0 Å². The molecule has 0 spiro atoms. The number of carbonyl (C=O) groups is 1. The summed E-state index contributed by atoms with van der Waals surface area (Å²) in [6.45, 7) is 4.90. The van der Waals surface area contributed by atoms with Gasteiger partial charge >= 0.3 is 0 Å². The van der Waals surface area contributed by atoms with E-state index in [1.165, 1.54) is 23.6 Å².